The van der Waals surface area contributed by atoms with Gasteiger partial charge in [-0.25, -0.2) is 0 Å². The number of hydrogen-bond donors (Lipinski definition) is 1. The van der Waals surface area contributed by atoms with Gasteiger partial charge in [-0.15, -0.1) is 0 Å². The summed E-state index contributed by atoms with van der Waals surface area (Å²) in [6.07, 6.45) is 2.10. The van der Waals surface area contributed by atoms with Crippen LogP contribution in [0, 0.1) is 20.8 Å². The molecule has 0 radical (unpaired) electrons. The second kappa shape index (κ2) is 5.93. The molecule has 2 rings (SSSR count). The van der Waals surface area contributed by atoms with Gasteiger partial charge in [0.05, 0.1) is 0 Å². The third kappa shape index (κ3) is 2.70. The predicted octanol–water partition coefficient (Wildman–Crippen LogP) is 5.42. The average molecular weight is 282 g/mol. The zero-order valence-corrected chi connectivity index (χ0v) is 13.8. The zero-order chi connectivity index (χ0) is 15.6. The summed E-state index contributed by atoms with van der Waals surface area (Å²) in [6.45, 7) is 10.8. The Morgan fingerprint density at radius 1 is 0.762 bits per heavy atom. The summed E-state index contributed by atoms with van der Waals surface area (Å²) in [7, 11) is 0. The Labute approximate surface area is 128 Å². The van der Waals surface area contributed by atoms with Gasteiger partial charge in [-0.1, -0.05) is 44.2 Å². The molecule has 0 fully saturated rings. The lowest BCUT2D eigenvalue weighted by molar-refractivity contribution is 0.461. The van der Waals surface area contributed by atoms with Crippen molar-refractivity contribution in [1.82, 2.24) is 0 Å². The molecular weight excluding hydrogens is 256 g/mol. The van der Waals surface area contributed by atoms with Gasteiger partial charge in [0.15, 0.2) is 0 Å². The Kier molecular flexibility index (Phi) is 4.41. The highest BCUT2D eigenvalue weighted by Gasteiger charge is 2.31. The summed E-state index contributed by atoms with van der Waals surface area (Å²) in [5.41, 5.74) is 6.32. The molecule has 1 heteroatoms. The first-order valence-electron chi connectivity index (χ1n) is 7.82. The smallest absolute Gasteiger partial charge is 0.118 e. The monoisotopic (exact) mass is 282 g/mol. The SMILES string of the molecule is CCC(CC)(c1ccc(C)c(C)c1)c1ccc(O)c(C)c1. The highest BCUT2D eigenvalue weighted by Crippen LogP contribution is 2.40. The summed E-state index contributed by atoms with van der Waals surface area (Å²) < 4.78 is 0. The van der Waals surface area contributed by atoms with E-state index in [1.165, 1.54) is 22.3 Å². The van der Waals surface area contributed by atoms with E-state index in [1.54, 1.807) is 0 Å². The maximum absolute atomic E-state index is 9.81. The van der Waals surface area contributed by atoms with Crippen molar-refractivity contribution in [2.24, 2.45) is 0 Å². The minimum Gasteiger partial charge on any atom is -0.508 e. The van der Waals surface area contributed by atoms with Gasteiger partial charge in [0.1, 0.15) is 5.75 Å². The van der Waals surface area contributed by atoms with E-state index in [4.69, 9.17) is 0 Å². The first-order chi connectivity index (χ1) is 9.94. The van der Waals surface area contributed by atoms with E-state index >= 15 is 0 Å². The number of aromatic hydroxyl groups is 1. The largest absolute Gasteiger partial charge is 0.508 e. The number of hydrogen-bond acceptors (Lipinski definition) is 1. The fourth-order valence-corrected chi connectivity index (χ4v) is 3.23. The van der Waals surface area contributed by atoms with Gasteiger partial charge in [-0.2, -0.15) is 0 Å². The van der Waals surface area contributed by atoms with E-state index in [2.05, 4.69) is 58.0 Å². The van der Waals surface area contributed by atoms with E-state index < -0.39 is 0 Å². The van der Waals surface area contributed by atoms with Crippen molar-refractivity contribution in [2.45, 2.75) is 52.9 Å². The van der Waals surface area contributed by atoms with Crippen LogP contribution in [0.4, 0.5) is 0 Å². The molecule has 0 spiro atoms. The Morgan fingerprint density at radius 2 is 1.29 bits per heavy atom. The molecule has 2 aromatic rings. The summed E-state index contributed by atoms with van der Waals surface area (Å²) in [5, 5.41) is 9.81. The average Bonchev–Trinajstić information content (AvgIpc) is 2.48. The Hall–Kier alpha value is -1.76. The van der Waals surface area contributed by atoms with E-state index in [0.29, 0.717) is 5.75 Å². The molecule has 21 heavy (non-hydrogen) atoms. The standard InChI is InChI=1S/C20H26O/c1-6-20(7-2,17-9-8-14(3)15(4)12-17)18-10-11-19(21)16(5)13-18/h8-13,21H,6-7H2,1-5H3. The molecule has 0 heterocycles. The van der Waals surface area contributed by atoms with Crippen molar-refractivity contribution >= 4 is 0 Å². The molecule has 0 aliphatic heterocycles. The van der Waals surface area contributed by atoms with Gasteiger partial charge in [-0.05, 0) is 67.5 Å². The lowest BCUT2D eigenvalue weighted by Gasteiger charge is -2.34. The molecule has 0 aliphatic carbocycles. The fraction of sp³-hybridized carbons (Fsp3) is 0.400. The third-order valence-corrected chi connectivity index (χ3v) is 5.02. The molecule has 0 amide bonds. The van der Waals surface area contributed by atoms with Gasteiger partial charge in [0.2, 0.25) is 0 Å². The number of rotatable bonds is 4. The molecule has 2 aromatic carbocycles. The van der Waals surface area contributed by atoms with Crippen LogP contribution in [0.1, 0.15) is 54.5 Å². The number of aryl methyl sites for hydroxylation is 3. The fourth-order valence-electron chi connectivity index (χ4n) is 3.23. The summed E-state index contributed by atoms with van der Waals surface area (Å²) in [5.74, 6) is 0.375. The predicted molar refractivity (Wildman–Crippen MR) is 90.1 cm³/mol. The van der Waals surface area contributed by atoms with Crippen LogP contribution in [-0.4, -0.2) is 5.11 Å². The Morgan fingerprint density at radius 3 is 1.76 bits per heavy atom. The van der Waals surface area contributed by atoms with E-state index in [-0.39, 0.29) is 5.41 Å². The topological polar surface area (TPSA) is 20.2 Å². The summed E-state index contributed by atoms with van der Waals surface area (Å²) in [4.78, 5) is 0. The van der Waals surface area contributed by atoms with Crippen molar-refractivity contribution in [3.05, 3.63) is 64.2 Å². The maximum atomic E-state index is 9.81. The molecule has 0 bridgehead atoms. The maximum Gasteiger partial charge on any atom is 0.118 e. The van der Waals surface area contributed by atoms with Crippen molar-refractivity contribution in [1.29, 1.82) is 0 Å². The lowest BCUT2D eigenvalue weighted by Crippen LogP contribution is -2.26. The molecule has 0 unspecified atom stereocenters. The molecule has 0 aromatic heterocycles. The van der Waals surface area contributed by atoms with Gasteiger partial charge in [0, 0.05) is 5.41 Å². The van der Waals surface area contributed by atoms with Gasteiger partial charge < -0.3 is 5.11 Å². The molecule has 112 valence electrons. The van der Waals surface area contributed by atoms with Crippen LogP contribution in [0.5, 0.6) is 5.75 Å². The Balaban J connectivity index is 2.63. The van der Waals surface area contributed by atoms with Crippen LogP contribution >= 0.6 is 0 Å². The van der Waals surface area contributed by atoms with Crippen LogP contribution in [0.25, 0.3) is 0 Å². The molecular formula is C20H26O. The molecule has 1 nitrogen and oxygen atoms in total. The third-order valence-electron chi connectivity index (χ3n) is 5.02. The minimum atomic E-state index is 0.0247. The zero-order valence-electron chi connectivity index (χ0n) is 13.8. The van der Waals surface area contributed by atoms with Crippen molar-refractivity contribution < 1.29 is 5.11 Å². The van der Waals surface area contributed by atoms with Crippen molar-refractivity contribution in [2.75, 3.05) is 0 Å². The van der Waals surface area contributed by atoms with E-state index in [9.17, 15) is 5.11 Å². The van der Waals surface area contributed by atoms with Crippen LogP contribution < -0.4 is 0 Å². The highest BCUT2D eigenvalue weighted by molar-refractivity contribution is 5.46. The van der Waals surface area contributed by atoms with Crippen molar-refractivity contribution in [3.63, 3.8) is 0 Å². The summed E-state index contributed by atoms with van der Waals surface area (Å²) >= 11 is 0. The molecule has 0 aliphatic rings. The van der Waals surface area contributed by atoms with Gasteiger partial charge in [-0.3, -0.25) is 0 Å². The number of benzene rings is 2. The van der Waals surface area contributed by atoms with Crippen LogP contribution in [0.3, 0.4) is 0 Å². The minimum absolute atomic E-state index is 0.0247. The number of phenolic OH excluding ortho intramolecular Hbond substituents is 1. The molecule has 0 atom stereocenters. The van der Waals surface area contributed by atoms with Gasteiger partial charge in [0.25, 0.3) is 0 Å². The van der Waals surface area contributed by atoms with Crippen LogP contribution in [0.15, 0.2) is 36.4 Å². The van der Waals surface area contributed by atoms with Crippen LogP contribution in [0.2, 0.25) is 0 Å². The van der Waals surface area contributed by atoms with Gasteiger partial charge >= 0.3 is 0 Å². The Bertz CT molecular complexity index is 583. The lowest BCUT2D eigenvalue weighted by atomic mass is 9.70. The quantitative estimate of drug-likeness (QED) is 0.793. The number of phenols is 1. The molecule has 0 saturated heterocycles. The first kappa shape index (κ1) is 15.6. The van der Waals surface area contributed by atoms with Crippen LogP contribution in [-0.2, 0) is 5.41 Å². The second-order valence-electron chi connectivity index (χ2n) is 6.09. The first-order valence-corrected chi connectivity index (χ1v) is 7.82. The summed E-state index contributed by atoms with van der Waals surface area (Å²) in [6, 6.07) is 12.8. The second-order valence-corrected chi connectivity index (χ2v) is 6.09. The molecule has 0 saturated carbocycles. The van der Waals surface area contributed by atoms with Crippen molar-refractivity contribution in [3.8, 4) is 5.75 Å². The highest BCUT2D eigenvalue weighted by atomic mass is 16.3. The molecule has 1 N–H and O–H groups in total. The van der Waals surface area contributed by atoms with E-state index in [0.717, 1.165) is 18.4 Å². The normalized spacial score (nSPS) is 11.7. The van der Waals surface area contributed by atoms with E-state index in [1.807, 2.05) is 13.0 Å².